The highest BCUT2D eigenvalue weighted by Crippen LogP contribution is 2.63. The number of nitrogens with zero attached hydrogens (tertiary/aromatic N) is 2. The average molecular weight is 621 g/mol. The van der Waals surface area contributed by atoms with Gasteiger partial charge in [0.25, 0.3) is 0 Å². The predicted molar refractivity (Wildman–Crippen MR) is 170 cm³/mol. The van der Waals surface area contributed by atoms with Gasteiger partial charge in [0, 0.05) is 44.9 Å². The fourth-order valence-corrected chi connectivity index (χ4v) is 9.70. The first-order valence-electron chi connectivity index (χ1n) is 15.0. The van der Waals surface area contributed by atoms with Gasteiger partial charge in [-0.3, -0.25) is 9.13 Å². The summed E-state index contributed by atoms with van der Waals surface area (Å²) in [6, 6.07) is 12.0. The van der Waals surface area contributed by atoms with Crippen LogP contribution in [-0.2, 0) is 20.7 Å². The van der Waals surface area contributed by atoms with E-state index in [0.717, 1.165) is 12.8 Å². The maximum absolute atomic E-state index is 13.6. The number of hydrogen-bond donors (Lipinski definition) is 4. The summed E-state index contributed by atoms with van der Waals surface area (Å²) in [7, 11) is -3.93. The minimum absolute atomic E-state index is 0.00571. The maximum Gasteiger partial charge on any atom is 0.206 e. The molecule has 4 bridgehead atoms. The number of hydrogen-bond acceptors (Lipinski definition) is 6. The molecular formula is C36H32N2O6S. The zero-order valence-electron chi connectivity index (χ0n) is 24.4. The minimum Gasteiger partial charge on any atom is -0.494 e. The van der Waals surface area contributed by atoms with Crippen LogP contribution in [0, 0.1) is 0 Å². The Morgan fingerprint density at radius 1 is 0.667 bits per heavy atom. The Morgan fingerprint density at radius 3 is 1.40 bits per heavy atom. The summed E-state index contributed by atoms with van der Waals surface area (Å²) in [5, 5.41) is 44.8. The van der Waals surface area contributed by atoms with Crippen molar-refractivity contribution in [3.63, 3.8) is 0 Å². The third kappa shape index (κ3) is 3.44. The molecule has 8 nitrogen and oxygen atoms in total. The summed E-state index contributed by atoms with van der Waals surface area (Å²) in [6.07, 6.45) is 14.8. The molecule has 0 spiro atoms. The molecule has 4 unspecified atom stereocenters. The number of aromatic hydroxyl groups is 4. The lowest BCUT2D eigenvalue weighted by Crippen LogP contribution is -2.17. The van der Waals surface area contributed by atoms with E-state index in [-0.39, 0.29) is 45.1 Å². The van der Waals surface area contributed by atoms with Crippen LogP contribution in [0.4, 0.5) is 0 Å². The first-order chi connectivity index (χ1) is 21.6. The fourth-order valence-electron chi connectivity index (χ4n) is 8.43. The third-order valence-electron chi connectivity index (χ3n) is 10.3. The van der Waals surface area contributed by atoms with Crippen molar-refractivity contribution in [2.75, 3.05) is 0 Å². The Kier molecular flexibility index (Phi) is 5.58. The zero-order valence-corrected chi connectivity index (χ0v) is 25.2. The molecule has 2 aromatic carbocycles. The molecule has 0 amide bonds. The Bertz CT molecular complexity index is 1970. The van der Waals surface area contributed by atoms with E-state index in [2.05, 4.69) is 37.5 Å². The Morgan fingerprint density at radius 2 is 1.04 bits per heavy atom. The van der Waals surface area contributed by atoms with Crippen LogP contribution in [0.5, 0.6) is 23.5 Å². The highest BCUT2D eigenvalue weighted by Gasteiger charge is 2.52. The number of allylic oxidation sites excluding steroid dienone is 6. The standard InChI is InChI=1S/C36H32N2O6S/c1-3-15-35-17-13-21(19-35)27-29(35)33(41)37(31(27)39)23-5-9-25(10-6-23)45(43,44)26-11-7-24(8-12-26)38-32(40)28-22-14-18-36(20-22,16-4-2)30(28)34(38)42/h3-14,17-18,21-22,39-42H,1-2,15-16,19-20H2. The second-order valence-electron chi connectivity index (χ2n) is 12.7. The van der Waals surface area contributed by atoms with Crippen molar-refractivity contribution in [2.24, 2.45) is 0 Å². The monoisotopic (exact) mass is 620 g/mol. The van der Waals surface area contributed by atoms with Crippen molar-refractivity contribution in [3.05, 3.63) is 120 Å². The molecule has 0 aliphatic heterocycles. The lowest BCUT2D eigenvalue weighted by atomic mass is 9.81. The number of fused-ring (bicyclic) bond motifs is 10. The summed E-state index contributed by atoms with van der Waals surface area (Å²) in [4.78, 5) is 0.0874. The van der Waals surface area contributed by atoms with Gasteiger partial charge in [-0.15, -0.1) is 13.2 Å². The van der Waals surface area contributed by atoms with Crippen LogP contribution >= 0.6 is 0 Å². The molecule has 0 saturated heterocycles. The van der Waals surface area contributed by atoms with Gasteiger partial charge in [-0.1, -0.05) is 36.5 Å². The first kappa shape index (κ1) is 27.6. The van der Waals surface area contributed by atoms with E-state index in [4.69, 9.17) is 0 Å². The highest BCUT2D eigenvalue weighted by molar-refractivity contribution is 7.91. The number of rotatable bonds is 8. The van der Waals surface area contributed by atoms with E-state index in [9.17, 15) is 28.8 Å². The van der Waals surface area contributed by atoms with Gasteiger partial charge in [0.15, 0.2) is 0 Å². The van der Waals surface area contributed by atoms with E-state index in [1.807, 2.05) is 12.2 Å². The third-order valence-corrected chi connectivity index (χ3v) is 12.1. The zero-order chi connectivity index (χ0) is 31.5. The molecule has 2 heterocycles. The fraction of sp³-hybridized carbons (Fsp3) is 0.222. The van der Waals surface area contributed by atoms with Crippen molar-refractivity contribution in [1.82, 2.24) is 9.13 Å². The molecule has 0 radical (unpaired) electrons. The maximum atomic E-state index is 13.6. The minimum atomic E-state index is -3.93. The van der Waals surface area contributed by atoms with Gasteiger partial charge in [0.05, 0.1) is 21.2 Å². The molecule has 9 heteroatoms. The lowest BCUT2D eigenvalue weighted by molar-refractivity contribution is 0.386. The van der Waals surface area contributed by atoms with E-state index in [1.54, 1.807) is 24.3 Å². The molecule has 4 aromatic rings. The molecule has 228 valence electrons. The van der Waals surface area contributed by atoms with Gasteiger partial charge in [-0.25, -0.2) is 8.42 Å². The average Bonchev–Trinajstić information content (AvgIpc) is 3.85. The van der Waals surface area contributed by atoms with Crippen LogP contribution in [-0.4, -0.2) is 38.0 Å². The number of benzene rings is 2. The van der Waals surface area contributed by atoms with Crippen LogP contribution in [0.15, 0.2) is 108 Å². The van der Waals surface area contributed by atoms with Gasteiger partial charge in [0.2, 0.25) is 33.4 Å². The van der Waals surface area contributed by atoms with E-state index in [1.165, 1.54) is 33.4 Å². The second-order valence-corrected chi connectivity index (χ2v) is 14.6. The van der Waals surface area contributed by atoms with Gasteiger partial charge in [0.1, 0.15) is 0 Å². The molecule has 8 rings (SSSR count). The molecule has 0 saturated carbocycles. The molecule has 2 aromatic heterocycles. The van der Waals surface area contributed by atoms with Crippen LogP contribution in [0.25, 0.3) is 11.4 Å². The molecule has 4 N–H and O–H groups in total. The Balaban J connectivity index is 1.10. The largest absolute Gasteiger partial charge is 0.494 e. The van der Waals surface area contributed by atoms with Crippen LogP contribution in [0.1, 0.15) is 59.8 Å². The molecule has 4 aliphatic rings. The quantitative estimate of drug-likeness (QED) is 0.163. The number of aromatic nitrogens is 2. The van der Waals surface area contributed by atoms with Crippen molar-refractivity contribution in [1.29, 1.82) is 0 Å². The Labute approximate surface area is 260 Å². The molecule has 4 aliphatic carbocycles. The molecule has 4 atom stereocenters. The van der Waals surface area contributed by atoms with Crippen LogP contribution < -0.4 is 0 Å². The normalized spacial score (nSPS) is 25.2. The van der Waals surface area contributed by atoms with Crippen molar-refractivity contribution in [3.8, 4) is 34.9 Å². The van der Waals surface area contributed by atoms with E-state index in [0.29, 0.717) is 46.5 Å². The topological polar surface area (TPSA) is 125 Å². The Hall–Kier alpha value is -4.89. The summed E-state index contributed by atoms with van der Waals surface area (Å²) in [5.41, 5.74) is 2.89. The van der Waals surface area contributed by atoms with Crippen molar-refractivity contribution < 1.29 is 28.8 Å². The lowest BCUT2D eigenvalue weighted by Gasteiger charge is -2.23. The molecule has 45 heavy (non-hydrogen) atoms. The van der Waals surface area contributed by atoms with E-state index < -0.39 is 20.7 Å². The smallest absolute Gasteiger partial charge is 0.206 e. The van der Waals surface area contributed by atoms with Crippen LogP contribution in [0.3, 0.4) is 0 Å². The SMILES string of the molecule is C=CCC12C=CC(C1)c1c2c(O)n(-c2ccc(S(=O)(=O)c3ccc(-n4c(O)c5c(c4O)C4(CC=C)C=CC5C4)cc3)cc2)c1O. The second kappa shape index (κ2) is 9.08. The van der Waals surface area contributed by atoms with Gasteiger partial charge in [-0.2, -0.15) is 0 Å². The summed E-state index contributed by atoms with van der Waals surface area (Å²) in [6.45, 7) is 7.73. The van der Waals surface area contributed by atoms with Crippen LogP contribution in [0.2, 0.25) is 0 Å². The summed E-state index contributed by atoms with van der Waals surface area (Å²) in [5.74, 6) is -0.183. The van der Waals surface area contributed by atoms with Gasteiger partial charge in [-0.05, 0) is 74.2 Å². The predicted octanol–water partition coefficient (Wildman–Crippen LogP) is 6.67. The summed E-state index contributed by atoms with van der Waals surface area (Å²) >= 11 is 0. The highest BCUT2D eigenvalue weighted by atomic mass is 32.2. The van der Waals surface area contributed by atoms with Crippen molar-refractivity contribution >= 4 is 9.84 Å². The van der Waals surface area contributed by atoms with Gasteiger partial charge < -0.3 is 20.4 Å². The molecule has 0 fully saturated rings. The summed E-state index contributed by atoms with van der Waals surface area (Å²) < 4.78 is 29.9. The molecular weight excluding hydrogens is 588 g/mol. The van der Waals surface area contributed by atoms with E-state index >= 15 is 0 Å². The van der Waals surface area contributed by atoms with Gasteiger partial charge >= 0.3 is 0 Å². The van der Waals surface area contributed by atoms with Crippen molar-refractivity contribution in [2.45, 2.75) is 58.1 Å². The number of sulfone groups is 1. The first-order valence-corrected chi connectivity index (χ1v) is 16.5.